The van der Waals surface area contributed by atoms with Gasteiger partial charge in [0.05, 0.1) is 0 Å². The molecule has 0 saturated carbocycles. The van der Waals surface area contributed by atoms with Gasteiger partial charge in [-0.05, 0) is 119 Å². The standard InChI is InChI=1S/C33H69NO8Si2/c1-8-27-34(28-19-15-23-32(35)25-17-21-30-43(37-9-2,38-10-3)39-11-4)29-20-16-24-33(36)26-18-22-31-44(40-12-5,41-13-6)42-14-7/h8-31H2,1-7H3. The molecule has 0 aliphatic carbocycles. The molecule has 0 aliphatic heterocycles. The molecular formula is C33H69NO8Si2. The van der Waals surface area contributed by atoms with E-state index in [4.69, 9.17) is 26.6 Å². The van der Waals surface area contributed by atoms with E-state index in [0.717, 1.165) is 89.5 Å². The highest BCUT2D eigenvalue weighted by Gasteiger charge is 2.40. The predicted octanol–water partition coefficient (Wildman–Crippen LogP) is 7.61. The van der Waals surface area contributed by atoms with E-state index in [1.807, 2.05) is 41.5 Å². The fraction of sp³-hybridized carbons (Fsp3) is 0.939. The molecule has 0 unspecified atom stereocenters. The van der Waals surface area contributed by atoms with E-state index in [2.05, 4.69) is 11.8 Å². The molecule has 0 saturated heterocycles. The van der Waals surface area contributed by atoms with E-state index in [-0.39, 0.29) is 0 Å². The van der Waals surface area contributed by atoms with Gasteiger partial charge in [-0.15, -0.1) is 0 Å². The van der Waals surface area contributed by atoms with Gasteiger partial charge in [0.2, 0.25) is 0 Å². The molecule has 0 aromatic heterocycles. The Morgan fingerprint density at radius 2 is 0.727 bits per heavy atom. The van der Waals surface area contributed by atoms with Crippen LogP contribution in [0.15, 0.2) is 0 Å². The Morgan fingerprint density at radius 1 is 0.432 bits per heavy atom. The molecule has 0 N–H and O–H groups in total. The third kappa shape index (κ3) is 21.3. The molecule has 0 rings (SSSR count). The lowest BCUT2D eigenvalue weighted by Crippen LogP contribution is -2.45. The van der Waals surface area contributed by atoms with Gasteiger partial charge in [0.15, 0.2) is 0 Å². The van der Waals surface area contributed by atoms with Crippen molar-refractivity contribution in [2.45, 2.75) is 144 Å². The molecule has 0 fully saturated rings. The molecule has 0 aromatic rings. The van der Waals surface area contributed by atoms with Gasteiger partial charge >= 0.3 is 17.6 Å². The molecular weight excluding hydrogens is 595 g/mol. The third-order valence-corrected chi connectivity index (χ3v) is 13.8. The average Bonchev–Trinajstić information content (AvgIpc) is 2.98. The lowest BCUT2D eigenvalue weighted by Gasteiger charge is -2.28. The number of rotatable bonds is 34. The van der Waals surface area contributed by atoms with Crippen LogP contribution in [0.4, 0.5) is 0 Å². The Kier molecular flexibility index (Phi) is 28.4. The second-order valence-electron chi connectivity index (χ2n) is 11.2. The van der Waals surface area contributed by atoms with Gasteiger partial charge in [0.25, 0.3) is 0 Å². The molecule has 44 heavy (non-hydrogen) atoms. The number of hydrogen-bond acceptors (Lipinski definition) is 9. The third-order valence-electron chi connectivity index (χ3n) is 7.46. The number of hydrogen-bond donors (Lipinski definition) is 0. The quantitative estimate of drug-likeness (QED) is 0.0509. The molecule has 9 nitrogen and oxygen atoms in total. The molecule has 0 heterocycles. The number of carbonyl (C=O) groups excluding carboxylic acids is 2. The van der Waals surface area contributed by atoms with Crippen molar-refractivity contribution < 1.29 is 36.1 Å². The Morgan fingerprint density at radius 3 is 1.00 bits per heavy atom. The van der Waals surface area contributed by atoms with Crippen molar-refractivity contribution >= 4 is 29.2 Å². The van der Waals surface area contributed by atoms with Crippen LogP contribution in [-0.2, 0) is 36.1 Å². The maximum absolute atomic E-state index is 12.5. The summed E-state index contributed by atoms with van der Waals surface area (Å²) in [6.45, 7) is 20.6. The van der Waals surface area contributed by atoms with Crippen LogP contribution in [0.3, 0.4) is 0 Å². The van der Waals surface area contributed by atoms with Crippen LogP contribution in [0.25, 0.3) is 0 Å². The predicted molar refractivity (Wildman–Crippen MR) is 183 cm³/mol. The van der Waals surface area contributed by atoms with E-state index in [9.17, 15) is 9.59 Å². The van der Waals surface area contributed by atoms with Crippen LogP contribution in [0.5, 0.6) is 0 Å². The first-order valence-corrected chi connectivity index (χ1v) is 21.7. The largest absolute Gasteiger partial charge is 0.500 e. The second-order valence-corrected chi connectivity index (χ2v) is 16.7. The summed E-state index contributed by atoms with van der Waals surface area (Å²) >= 11 is 0. The lowest BCUT2D eigenvalue weighted by molar-refractivity contribution is -0.120. The number of Topliss-reactive ketones (excluding diaryl/α,β-unsaturated/α-hetero) is 2. The first kappa shape index (κ1) is 43.5. The zero-order chi connectivity index (χ0) is 32.9. The van der Waals surface area contributed by atoms with E-state index in [1.54, 1.807) is 0 Å². The van der Waals surface area contributed by atoms with Crippen molar-refractivity contribution in [3.63, 3.8) is 0 Å². The molecule has 0 aromatic carbocycles. The fourth-order valence-corrected chi connectivity index (χ4v) is 10.9. The summed E-state index contributed by atoms with van der Waals surface area (Å²) in [6, 6.07) is 1.54. The van der Waals surface area contributed by atoms with Gasteiger partial charge in [0, 0.05) is 77.4 Å². The highest BCUT2D eigenvalue weighted by Crippen LogP contribution is 2.21. The second kappa shape index (κ2) is 28.7. The zero-order valence-corrected chi connectivity index (χ0v) is 31.7. The maximum Gasteiger partial charge on any atom is 0.500 e. The first-order chi connectivity index (χ1) is 21.3. The summed E-state index contributed by atoms with van der Waals surface area (Å²) in [7, 11) is -5.22. The molecule has 0 bridgehead atoms. The molecule has 0 amide bonds. The summed E-state index contributed by atoms with van der Waals surface area (Å²) in [5.74, 6) is 0.701. The molecule has 0 spiro atoms. The number of unbranched alkanes of at least 4 members (excludes halogenated alkanes) is 4. The van der Waals surface area contributed by atoms with Gasteiger partial charge in [-0.2, -0.15) is 0 Å². The topological polar surface area (TPSA) is 92.8 Å². The Labute approximate surface area is 273 Å². The van der Waals surface area contributed by atoms with Crippen molar-refractivity contribution in [3.05, 3.63) is 0 Å². The van der Waals surface area contributed by atoms with Crippen LogP contribution < -0.4 is 0 Å². The van der Waals surface area contributed by atoms with Gasteiger partial charge in [-0.1, -0.05) is 6.92 Å². The number of nitrogens with zero attached hydrogens (tertiary/aromatic N) is 1. The van der Waals surface area contributed by atoms with E-state index in [1.165, 1.54) is 0 Å². The van der Waals surface area contributed by atoms with Crippen LogP contribution in [0.1, 0.15) is 132 Å². The van der Waals surface area contributed by atoms with E-state index < -0.39 is 17.6 Å². The summed E-state index contributed by atoms with van der Waals surface area (Å²) in [5, 5.41) is 0. The fourth-order valence-electron chi connectivity index (χ4n) is 5.55. The summed E-state index contributed by atoms with van der Waals surface area (Å²) in [4.78, 5) is 27.4. The van der Waals surface area contributed by atoms with Gasteiger partial charge in [0.1, 0.15) is 11.6 Å². The zero-order valence-electron chi connectivity index (χ0n) is 29.7. The normalized spacial score (nSPS) is 12.4. The number of ketones is 2. The first-order valence-electron chi connectivity index (χ1n) is 17.9. The van der Waals surface area contributed by atoms with Crippen molar-refractivity contribution in [2.75, 3.05) is 59.3 Å². The summed E-state index contributed by atoms with van der Waals surface area (Å²) < 4.78 is 35.5. The Bertz CT molecular complexity index is 613. The summed E-state index contributed by atoms with van der Waals surface area (Å²) in [6.07, 6.45) is 11.1. The van der Waals surface area contributed by atoms with Crippen LogP contribution in [-0.4, -0.2) is 93.4 Å². The van der Waals surface area contributed by atoms with Crippen molar-refractivity contribution in [1.82, 2.24) is 4.90 Å². The SMILES string of the molecule is CCCN(CCCCC(=O)CCCC[Si](OCC)(OCC)OCC)CCCCC(=O)CCCC[Si](OCC)(OCC)OCC. The van der Waals surface area contributed by atoms with Gasteiger partial charge in [-0.25, -0.2) is 0 Å². The van der Waals surface area contributed by atoms with Crippen LogP contribution in [0.2, 0.25) is 12.1 Å². The monoisotopic (exact) mass is 663 g/mol. The molecule has 11 heteroatoms. The molecule has 0 atom stereocenters. The van der Waals surface area contributed by atoms with Crippen molar-refractivity contribution in [1.29, 1.82) is 0 Å². The number of carbonyl (C=O) groups is 2. The smallest absolute Gasteiger partial charge is 0.374 e. The van der Waals surface area contributed by atoms with E-state index >= 15 is 0 Å². The molecule has 0 radical (unpaired) electrons. The van der Waals surface area contributed by atoms with Crippen molar-refractivity contribution in [2.24, 2.45) is 0 Å². The lowest BCUT2D eigenvalue weighted by atomic mass is 10.1. The summed E-state index contributed by atoms with van der Waals surface area (Å²) in [5.41, 5.74) is 0. The van der Waals surface area contributed by atoms with E-state index in [0.29, 0.717) is 76.9 Å². The molecule has 0 aliphatic rings. The minimum Gasteiger partial charge on any atom is -0.374 e. The average molecular weight is 664 g/mol. The van der Waals surface area contributed by atoms with Gasteiger partial charge in [-0.3, -0.25) is 9.59 Å². The molecule has 262 valence electrons. The van der Waals surface area contributed by atoms with Crippen LogP contribution >= 0.6 is 0 Å². The Hall–Kier alpha value is -0.506. The van der Waals surface area contributed by atoms with Crippen LogP contribution in [0, 0.1) is 0 Å². The van der Waals surface area contributed by atoms with Crippen molar-refractivity contribution in [3.8, 4) is 0 Å². The maximum atomic E-state index is 12.5. The van der Waals surface area contributed by atoms with Gasteiger partial charge < -0.3 is 31.5 Å². The highest BCUT2D eigenvalue weighted by molar-refractivity contribution is 6.61. The Balaban J connectivity index is 4.18. The highest BCUT2D eigenvalue weighted by atomic mass is 28.4. The minimum absolute atomic E-state index is 0.351. The minimum atomic E-state index is -2.61.